The van der Waals surface area contributed by atoms with E-state index in [0.717, 1.165) is 18.7 Å². The van der Waals surface area contributed by atoms with Crippen molar-refractivity contribution in [3.63, 3.8) is 0 Å². The quantitative estimate of drug-likeness (QED) is 0.874. The SMILES string of the molecule is CCCc1nccn1Cc1ncccc1C(=O)O. The number of carboxylic acid groups (broad SMARTS) is 1. The number of aromatic nitrogens is 3. The largest absolute Gasteiger partial charge is 0.478 e. The van der Waals surface area contributed by atoms with Gasteiger partial charge in [0.1, 0.15) is 5.82 Å². The minimum Gasteiger partial charge on any atom is -0.478 e. The Kier molecular flexibility index (Phi) is 3.72. The molecule has 0 atom stereocenters. The van der Waals surface area contributed by atoms with Crippen LogP contribution < -0.4 is 0 Å². The molecule has 1 N–H and O–H groups in total. The number of imidazole rings is 1. The molecule has 0 aromatic carbocycles. The second kappa shape index (κ2) is 5.44. The summed E-state index contributed by atoms with van der Waals surface area (Å²) in [6.45, 7) is 2.53. The maximum Gasteiger partial charge on any atom is 0.337 e. The van der Waals surface area contributed by atoms with E-state index >= 15 is 0 Å². The molecule has 0 spiro atoms. The Labute approximate surface area is 105 Å². The lowest BCUT2D eigenvalue weighted by molar-refractivity contribution is 0.0695. The number of aryl methyl sites for hydroxylation is 1. The van der Waals surface area contributed by atoms with Crippen LogP contribution in [0.1, 0.15) is 35.2 Å². The van der Waals surface area contributed by atoms with Crippen molar-refractivity contribution >= 4 is 5.97 Å². The monoisotopic (exact) mass is 245 g/mol. The van der Waals surface area contributed by atoms with Gasteiger partial charge in [-0.05, 0) is 18.6 Å². The van der Waals surface area contributed by atoms with E-state index in [0.29, 0.717) is 12.2 Å². The highest BCUT2D eigenvalue weighted by molar-refractivity contribution is 5.88. The van der Waals surface area contributed by atoms with E-state index in [1.165, 1.54) is 0 Å². The van der Waals surface area contributed by atoms with E-state index in [-0.39, 0.29) is 5.56 Å². The van der Waals surface area contributed by atoms with E-state index in [1.54, 1.807) is 24.5 Å². The highest BCUT2D eigenvalue weighted by Gasteiger charge is 2.12. The van der Waals surface area contributed by atoms with Gasteiger partial charge in [0.15, 0.2) is 0 Å². The number of carboxylic acids is 1. The molecule has 5 nitrogen and oxygen atoms in total. The number of aromatic carboxylic acids is 1. The third-order valence-electron chi connectivity index (χ3n) is 2.72. The summed E-state index contributed by atoms with van der Waals surface area (Å²) < 4.78 is 1.94. The van der Waals surface area contributed by atoms with Gasteiger partial charge in [-0.2, -0.15) is 0 Å². The molecule has 0 unspecified atom stereocenters. The molecule has 2 rings (SSSR count). The first-order valence-electron chi connectivity index (χ1n) is 5.89. The summed E-state index contributed by atoms with van der Waals surface area (Å²) in [7, 11) is 0. The molecule has 0 aliphatic carbocycles. The number of hydrogen-bond donors (Lipinski definition) is 1. The number of nitrogens with zero attached hydrogens (tertiary/aromatic N) is 3. The molecular weight excluding hydrogens is 230 g/mol. The smallest absolute Gasteiger partial charge is 0.337 e. The van der Waals surface area contributed by atoms with Crippen molar-refractivity contribution in [3.05, 3.63) is 47.8 Å². The van der Waals surface area contributed by atoms with Gasteiger partial charge in [-0.3, -0.25) is 4.98 Å². The summed E-state index contributed by atoms with van der Waals surface area (Å²) in [4.78, 5) is 19.5. The molecule has 0 saturated carbocycles. The van der Waals surface area contributed by atoms with Crippen molar-refractivity contribution in [2.45, 2.75) is 26.3 Å². The van der Waals surface area contributed by atoms with Gasteiger partial charge >= 0.3 is 5.97 Å². The molecule has 0 radical (unpaired) electrons. The zero-order valence-electron chi connectivity index (χ0n) is 10.2. The van der Waals surface area contributed by atoms with Crippen molar-refractivity contribution in [2.75, 3.05) is 0 Å². The molecule has 0 saturated heterocycles. The van der Waals surface area contributed by atoms with Crippen molar-refractivity contribution in [1.82, 2.24) is 14.5 Å². The third-order valence-corrected chi connectivity index (χ3v) is 2.72. The van der Waals surface area contributed by atoms with Gasteiger partial charge in [0.25, 0.3) is 0 Å². The first-order chi connectivity index (χ1) is 8.72. The Hall–Kier alpha value is -2.17. The Bertz CT molecular complexity index is 549. The van der Waals surface area contributed by atoms with Crippen LogP contribution in [0.3, 0.4) is 0 Å². The lowest BCUT2D eigenvalue weighted by Gasteiger charge is -2.08. The minimum atomic E-state index is -0.949. The molecule has 18 heavy (non-hydrogen) atoms. The summed E-state index contributed by atoms with van der Waals surface area (Å²) in [5.74, 6) is 0.00903. The molecule has 0 bridgehead atoms. The average Bonchev–Trinajstić information content (AvgIpc) is 2.78. The molecule has 2 aromatic heterocycles. The van der Waals surface area contributed by atoms with Crippen LogP contribution in [0, 0.1) is 0 Å². The minimum absolute atomic E-state index is 0.244. The van der Waals surface area contributed by atoms with Gasteiger partial charge in [-0.1, -0.05) is 6.92 Å². The lowest BCUT2D eigenvalue weighted by Crippen LogP contribution is -2.10. The standard InChI is InChI=1S/C13H15N3O2/c1-2-4-12-15-7-8-16(12)9-11-10(13(17)18)5-3-6-14-11/h3,5-8H,2,4,9H2,1H3,(H,17,18). The fourth-order valence-electron chi connectivity index (χ4n) is 1.86. The Morgan fingerprint density at radius 2 is 2.22 bits per heavy atom. The summed E-state index contributed by atoms with van der Waals surface area (Å²) in [5.41, 5.74) is 0.800. The van der Waals surface area contributed by atoms with Crippen LogP contribution in [0.5, 0.6) is 0 Å². The summed E-state index contributed by atoms with van der Waals surface area (Å²) >= 11 is 0. The number of rotatable bonds is 5. The van der Waals surface area contributed by atoms with E-state index in [1.807, 2.05) is 10.8 Å². The van der Waals surface area contributed by atoms with Gasteiger partial charge in [0, 0.05) is 25.0 Å². The number of pyridine rings is 1. The lowest BCUT2D eigenvalue weighted by atomic mass is 10.2. The van der Waals surface area contributed by atoms with E-state index < -0.39 is 5.97 Å². The van der Waals surface area contributed by atoms with Crippen molar-refractivity contribution in [2.24, 2.45) is 0 Å². The van der Waals surface area contributed by atoms with E-state index in [9.17, 15) is 4.79 Å². The molecule has 0 fully saturated rings. The first-order valence-corrected chi connectivity index (χ1v) is 5.89. The molecule has 2 heterocycles. The van der Waals surface area contributed by atoms with Gasteiger partial charge in [-0.25, -0.2) is 9.78 Å². The Balaban J connectivity index is 2.28. The fourth-order valence-corrected chi connectivity index (χ4v) is 1.86. The predicted octanol–water partition coefficient (Wildman–Crippen LogP) is 1.98. The molecule has 0 amide bonds. The summed E-state index contributed by atoms with van der Waals surface area (Å²) in [5, 5.41) is 9.10. The third kappa shape index (κ3) is 2.56. The topological polar surface area (TPSA) is 68.0 Å². The second-order valence-corrected chi connectivity index (χ2v) is 4.02. The van der Waals surface area contributed by atoms with Gasteiger partial charge < -0.3 is 9.67 Å². The number of hydrogen-bond acceptors (Lipinski definition) is 3. The van der Waals surface area contributed by atoms with Gasteiger partial charge in [-0.15, -0.1) is 0 Å². The maximum absolute atomic E-state index is 11.1. The van der Waals surface area contributed by atoms with Crippen molar-refractivity contribution < 1.29 is 9.90 Å². The van der Waals surface area contributed by atoms with Crippen LogP contribution in [0.4, 0.5) is 0 Å². The molecule has 94 valence electrons. The highest BCUT2D eigenvalue weighted by Crippen LogP contribution is 2.10. The van der Waals surface area contributed by atoms with E-state index in [2.05, 4.69) is 16.9 Å². The summed E-state index contributed by atoms with van der Waals surface area (Å²) in [6.07, 6.45) is 7.07. The molecule has 2 aromatic rings. The predicted molar refractivity (Wildman–Crippen MR) is 66.5 cm³/mol. The maximum atomic E-state index is 11.1. The molecule has 0 aliphatic rings. The van der Waals surface area contributed by atoms with Crippen LogP contribution in [-0.2, 0) is 13.0 Å². The molecule has 0 aliphatic heterocycles. The fraction of sp³-hybridized carbons (Fsp3) is 0.308. The van der Waals surface area contributed by atoms with Crippen LogP contribution in [0.25, 0.3) is 0 Å². The van der Waals surface area contributed by atoms with Crippen LogP contribution in [-0.4, -0.2) is 25.6 Å². The van der Waals surface area contributed by atoms with Crippen LogP contribution >= 0.6 is 0 Å². The first kappa shape index (κ1) is 12.3. The van der Waals surface area contributed by atoms with Crippen molar-refractivity contribution in [1.29, 1.82) is 0 Å². The summed E-state index contributed by atoms with van der Waals surface area (Å²) in [6, 6.07) is 3.20. The Morgan fingerprint density at radius 1 is 1.39 bits per heavy atom. The highest BCUT2D eigenvalue weighted by atomic mass is 16.4. The van der Waals surface area contributed by atoms with Crippen LogP contribution in [0.15, 0.2) is 30.7 Å². The zero-order chi connectivity index (χ0) is 13.0. The molecular formula is C13H15N3O2. The second-order valence-electron chi connectivity index (χ2n) is 4.02. The Morgan fingerprint density at radius 3 is 2.94 bits per heavy atom. The van der Waals surface area contributed by atoms with Crippen LogP contribution in [0.2, 0.25) is 0 Å². The molecule has 5 heteroatoms. The normalized spacial score (nSPS) is 10.5. The van der Waals surface area contributed by atoms with Gasteiger partial charge in [0.2, 0.25) is 0 Å². The average molecular weight is 245 g/mol. The zero-order valence-corrected chi connectivity index (χ0v) is 10.2. The van der Waals surface area contributed by atoms with Gasteiger partial charge in [0.05, 0.1) is 17.8 Å². The van der Waals surface area contributed by atoms with E-state index in [4.69, 9.17) is 5.11 Å². The number of carbonyl (C=O) groups is 1. The van der Waals surface area contributed by atoms with Crippen molar-refractivity contribution in [3.8, 4) is 0 Å².